The summed E-state index contributed by atoms with van der Waals surface area (Å²) in [4.78, 5) is 30.7. The van der Waals surface area contributed by atoms with Crippen LogP contribution in [-0.4, -0.2) is 20.7 Å². The molecule has 0 aliphatic carbocycles. The van der Waals surface area contributed by atoms with Gasteiger partial charge in [-0.1, -0.05) is 54.9 Å². The zero-order valence-electron chi connectivity index (χ0n) is 18.3. The first-order valence-corrected chi connectivity index (χ1v) is 11.2. The number of anilines is 1. The number of para-hydroxylation sites is 1. The van der Waals surface area contributed by atoms with Crippen molar-refractivity contribution < 1.29 is 4.79 Å². The van der Waals surface area contributed by atoms with Crippen LogP contribution in [0.25, 0.3) is 10.9 Å². The SMILES string of the molecule is CCCCn1c(S[C@@H](C)C(=O)Nc2c(C)cc(C)cc2C)nc2ccccc2c1=O. The van der Waals surface area contributed by atoms with Crippen LogP contribution in [0, 0.1) is 20.8 Å². The van der Waals surface area contributed by atoms with Gasteiger partial charge in [0.2, 0.25) is 5.91 Å². The van der Waals surface area contributed by atoms with Crippen LogP contribution in [0.1, 0.15) is 43.4 Å². The number of benzene rings is 2. The third-order valence-corrected chi connectivity index (χ3v) is 6.23. The highest BCUT2D eigenvalue weighted by atomic mass is 32.2. The van der Waals surface area contributed by atoms with Crippen molar-refractivity contribution >= 4 is 34.3 Å². The zero-order valence-corrected chi connectivity index (χ0v) is 19.1. The highest BCUT2D eigenvalue weighted by Gasteiger charge is 2.20. The van der Waals surface area contributed by atoms with Gasteiger partial charge >= 0.3 is 0 Å². The van der Waals surface area contributed by atoms with E-state index < -0.39 is 5.25 Å². The van der Waals surface area contributed by atoms with E-state index >= 15 is 0 Å². The molecule has 0 saturated heterocycles. The van der Waals surface area contributed by atoms with Crippen LogP contribution in [0.5, 0.6) is 0 Å². The lowest BCUT2D eigenvalue weighted by Crippen LogP contribution is -2.27. The number of unbranched alkanes of at least 4 members (excludes halogenated alkanes) is 1. The molecule has 0 bridgehead atoms. The van der Waals surface area contributed by atoms with E-state index in [4.69, 9.17) is 4.98 Å². The van der Waals surface area contributed by atoms with Crippen LogP contribution in [-0.2, 0) is 11.3 Å². The average molecular weight is 424 g/mol. The van der Waals surface area contributed by atoms with E-state index in [0.717, 1.165) is 29.7 Å². The van der Waals surface area contributed by atoms with E-state index in [1.165, 1.54) is 17.3 Å². The van der Waals surface area contributed by atoms with E-state index in [0.29, 0.717) is 22.6 Å². The predicted octanol–water partition coefficient (Wildman–Crippen LogP) is 5.24. The first-order chi connectivity index (χ1) is 14.3. The lowest BCUT2D eigenvalue weighted by molar-refractivity contribution is -0.115. The van der Waals surface area contributed by atoms with Gasteiger partial charge in [-0.15, -0.1) is 0 Å². The number of aromatic nitrogens is 2. The number of aryl methyl sites for hydroxylation is 3. The fourth-order valence-electron chi connectivity index (χ4n) is 3.56. The summed E-state index contributed by atoms with van der Waals surface area (Å²) in [6, 6.07) is 11.5. The lowest BCUT2D eigenvalue weighted by Gasteiger charge is -2.18. The predicted molar refractivity (Wildman–Crippen MR) is 126 cm³/mol. The molecule has 1 heterocycles. The summed E-state index contributed by atoms with van der Waals surface area (Å²) < 4.78 is 1.71. The summed E-state index contributed by atoms with van der Waals surface area (Å²) in [5.41, 5.74) is 4.73. The number of rotatable bonds is 7. The number of fused-ring (bicyclic) bond motifs is 1. The van der Waals surface area contributed by atoms with Crippen molar-refractivity contribution in [3.63, 3.8) is 0 Å². The molecule has 1 aromatic heterocycles. The molecule has 0 spiro atoms. The Labute approximate surface area is 181 Å². The number of hydrogen-bond acceptors (Lipinski definition) is 4. The van der Waals surface area contributed by atoms with Gasteiger partial charge in [0.25, 0.3) is 5.56 Å². The third-order valence-electron chi connectivity index (χ3n) is 5.14. The molecule has 6 heteroatoms. The van der Waals surface area contributed by atoms with Crippen molar-refractivity contribution in [1.82, 2.24) is 9.55 Å². The van der Waals surface area contributed by atoms with Gasteiger partial charge in [-0.05, 0) is 57.4 Å². The molecule has 2 aromatic carbocycles. The Kier molecular flexibility index (Phi) is 6.98. The summed E-state index contributed by atoms with van der Waals surface area (Å²) >= 11 is 1.33. The molecule has 30 heavy (non-hydrogen) atoms. The minimum absolute atomic E-state index is 0.0469. The van der Waals surface area contributed by atoms with Gasteiger partial charge in [-0.25, -0.2) is 4.98 Å². The fourth-order valence-corrected chi connectivity index (χ4v) is 4.50. The maximum absolute atomic E-state index is 13.0. The molecule has 3 rings (SSSR count). The number of carbonyl (C=O) groups excluding carboxylic acids is 1. The third kappa shape index (κ3) is 4.75. The van der Waals surface area contributed by atoms with Gasteiger partial charge in [0.1, 0.15) is 0 Å². The van der Waals surface area contributed by atoms with Gasteiger partial charge in [0.05, 0.1) is 16.2 Å². The van der Waals surface area contributed by atoms with Crippen LogP contribution in [0.4, 0.5) is 5.69 Å². The van der Waals surface area contributed by atoms with Gasteiger partial charge < -0.3 is 5.32 Å². The van der Waals surface area contributed by atoms with Crippen LogP contribution < -0.4 is 10.9 Å². The second-order valence-electron chi connectivity index (χ2n) is 7.74. The molecule has 5 nitrogen and oxygen atoms in total. The first kappa shape index (κ1) is 22.1. The quantitative estimate of drug-likeness (QED) is 0.417. The van der Waals surface area contributed by atoms with E-state index in [-0.39, 0.29) is 11.5 Å². The Hall–Kier alpha value is -2.60. The molecule has 0 aliphatic heterocycles. The normalized spacial score (nSPS) is 12.2. The van der Waals surface area contributed by atoms with Crippen molar-refractivity contribution in [2.45, 2.75) is 64.4 Å². The van der Waals surface area contributed by atoms with Gasteiger partial charge in [-0.3, -0.25) is 14.2 Å². The molecule has 158 valence electrons. The van der Waals surface area contributed by atoms with E-state index in [1.807, 2.05) is 45.9 Å². The van der Waals surface area contributed by atoms with Crippen LogP contribution in [0.2, 0.25) is 0 Å². The Morgan fingerprint density at radius 2 is 1.83 bits per heavy atom. The maximum Gasteiger partial charge on any atom is 0.262 e. The zero-order chi connectivity index (χ0) is 21.8. The molecular formula is C24H29N3O2S. The smallest absolute Gasteiger partial charge is 0.262 e. The van der Waals surface area contributed by atoms with Crippen molar-refractivity contribution in [3.05, 3.63) is 63.4 Å². The Balaban J connectivity index is 1.89. The van der Waals surface area contributed by atoms with Crippen molar-refractivity contribution in [1.29, 1.82) is 0 Å². The minimum atomic E-state index is -0.397. The first-order valence-electron chi connectivity index (χ1n) is 10.4. The van der Waals surface area contributed by atoms with Gasteiger partial charge in [0, 0.05) is 12.2 Å². The molecule has 0 fully saturated rings. The van der Waals surface area contributed by atoms with Gasteiger partial charge in [0.15, 0.2) is 5.16 Å². The van der Waals surface area contributed by atoms with Crippen LogP contribution in [0.15, 0.2) is 46.3 Å². The molecule has 0 aliphatic rings. The Morgan fingerprint density at radius 3 is 2.50 bits per heavy atom. The second-order valence-corrected chi connectivity index (χ2v) is 9.05. The fraction of sp³-hybridized carbons (Fsp3) is 0.375. The molecule has 0 unspecified atom stereocenters. The molecular weight excluding hydrogens is 394 g/mol. The average Bonchev–Trinajstić information content (AvgIpc) is 2.70. The molecule has 3 aromatic rings. The molecule has 1 N–H and O–H groups in total. The number of nitrogens with zero attached hydrogens (tertiary/aromatic N) is 2. The molecule has 1 atom stereocenters. The van der Waals surface area contributed by atoms with E-state index in [9.17, 15) is 9.59 Å². The Morgan fingerprint density at radius 1 is 1.17 bits per heavy atom. The topological polar surface area (TPSA) is 64.0 Å². The maximum atomic E-state index is 13.0. The Bertz CT molecular complexity index is 1110. The lowest BCUT2D eigenvalue weighted by atomic mass is 10.1. The number of carbonyl (C=O) groups is 1. The largest absolute Gasteiger partial charge is 0.325 e. The van der Waals surface area contributed by atoms with Crippen molar-refractivity contribution in [3.8, 4) is 0 Å². The number of hydrogen-bond donors (Lipinski definition) is 1. The minimum Gasteiger partial charge on any atom is -0.325 e. The molecule has 1 amide bonds. The summed E-state index contributed by atoms with van der Waals surface area (Å²) in [5.74, 6) is -0.0977. The second kappa shape index (κ2) is 9.47. The molecule has 0 saturated carbocycles. The van der Waals surface area contributed by atoms with Crippen LogP contribution >= 0.6 is 11.8 Å². The number of thioether (sulfide) groups is 1. The summed E-state index contributed by atoms with van der Waals surface area (Å²) in [7, 11) is 0. The highest BCUT2D eigenvalue weighted by Crippen LogP contribution is 2.26. The number of amides is 1. The standard InChI is InChI=1S/C24H29N3O2S/c1-6-7-12-27-23(29)19-10-8-9-11-20(19)25-24(27)30-18(5)22(28)26-21-16(3)13-15(2)14-17(21)4/h8-11,13-14,18H,6-7,12H2,1-5H3,(H,26,28)/t18-/m0/s1. The summed E-state index contributed by atoms with van der Waals surface area (Å²) in [6.45, 7) is 10.6. The highest BCUT2D eigenvalue weighted by molar-refractivity contribution is 8.00. The monoisotopic (exact) mass is 423 g/mol. The van der Waals surface area contributed by atoms with Crippen LogP contribution in [0.3, 0.4) is 0 Å². The van der Waals surface area contributed by atoms with Crippen molar-refractivity contribution in [2.75, 3.05) is 5.32 Å². The summed E-state index contributed by atoms with van der Waals surface area (Å²) in [5, 5.41) is 3.87. The molecule has 0 radical (unpaired) electrons. The van der Waals surface area contributed by atoms with E-state index in [2.05, 4.69) is 24.4 Å². The summed E-state index contributed by atoms with van der Waals surface area (Å²) in [6.07, 6.45) is 1.86. The van der Waals surface area contributed by atoms with E-state index in [1.54, 1.807) is 10.6 Å². The number of nitrogens with one attached hydrogen (secondary N) is 1. The van der Waals surface area contributed by atoms with Crippen molar-refractivity contribution in [2.24, 2.45) is 0 Å². The van der Waals surface area contributed by atoms with Gasteiger partial charge in [-0.2, -0.15) is 0 Å².